The number of hydrogen-bond acceptors (Lipinski definition) is 11. The SMILES string of the molecule is C=C(C)C(=O)OCN1CCNCCN(CC(=O)OC(C)(C)C)CCN(COC(=O)C(C)(C)C)CC1.CCNC(C)=O. The number of ether oxygens (including phenoxy) is 3. The quantitative estimate of drug-likeness (QED) is 0.245. The molecule has 41 heavy (non-hydrogen) atoms. The van der Waals surface area contributed by atoms with Gasteiger partial charge in [0.2, 0.25) is 5.91 Å². The summed E-state index contributed by atoms with van der Waals surface area (Å²) in [4.78, 5) is 52.6. The highest BCUT2D eigenvalue weighted by Crippen LogP contribution is 2.15. The third-order valence-corrected chi connectivity index (χ3v) is 5.59. The van der Waals surface area contributed by atoms with E-state index in [0.717, 1.165) is 6.54 Å². The standard InChI is InChI=1S/C25H46N4O6.C4H9NO/c1-20(2)22(31)33-18-28-12-10-26-9-11-27(17-21(30)35-25(6,7)8)13-14-29(16-15-28)19-34-23(32)24(3,4)5;1-3-5-4(2)6/h26H,1,9-19H2,2-8H3;3H2,1-2H3,(H,5,6). The Balaban J connectivity index is 0.00000239. The zero-order valence-corrected chi connectivity index (χ0v) is 26.9. The average Bonchev–Trinajstić information content (AvgIpc) is 2.82. The number of amides is 1. The zero-order chi connectivity index (χ0) is 31.6. The molecule has 0 bridgehead atoms. The Bertz CT molecular complexity index is 836. The van der Waals surface area contributed by atoms with Crippen LogP contribution in [-0.4, -0.2) is 123 Å². The Kier molecular flexibility index (Phi) is 18.3. The molecule has 0 spiro atoms. The Morgan fingerprint density at radius 3 is 1.73 bits per heavy atom. The van der Waals surface area contributed by atoms with Gasteiger partial charge >= 0.3 is 17.9 Å². The number of rotatable bonds is 8. The van der Waals surface area contributed by atoms with E-state index >= 15 is 0 Å². The number of nitrogens with one attached hydrogen (secondary N) is 2. The molecule has 12 nitrogen and oxygen atoms in total. The second kappa shape index (κ2) is 19.6. The number of hydrogen-bond donors (Lipinski definition) is 2. The molecule has 1 heterocycles. The van der Waals surface area contributed by atoms with Gasteiger partial charge in [0.15, 0.2) is 0 Å². The molecule has 0 aliphatic carbocycles. The van der Waals surface area contributed by atoms with Crippen molar-refractivity contribution in [2.75, 3.05) is 78.9 Å². The number of carbonyl (C=O) groups excluding carboxylic acids is 4. The zero-order valence-electron chi connectivity index (χ0n) is 26.9. The fourth-order valence-electron chi connectivity index (χ4n) is 3.36. The van der Waals surface area contributed by atoms with Crippen LogP contribution in [0.25, 0.3) is 0 Å². The summed E-state index contributed by atoms with van der Waals surface area (Å²) in [5, 5.41) is 5.96. The summed E-state index contributed by atoms with van der Waals surface area (Å²) in [5.41, 5.74) is -0.770. The van der Waals surface area contributed by atoms with E-state index in [4.69, 9.17) is 14.2 Å². The van der Waals surface area contributed by atoms with Gasteiger partial charge in [-0.05, 0) is 55.4 Å². The highest BCUT2D eigenvalue weighted by atomic mass is 16.6. The maximum Gasteiger partial charge on any atom is 0.334 e. The van der Waals surface area contributed by atoms with Crippen LogP contribution in [0.5, 0.6) is 0 Å². The van der Waals surface area contributed by atoms with E-state index in [9.17, 15) is 19.2 Å². The molecule has 0 aromatic heterocycles. The minimum absolute atomic E-state index is 0.0394. The first kappa shape index (κ1) is 38.5. The van der Waals surface area contributed by atoms with Gasteiger partial charge in [0.1, 0.15) is 19.1 Å². The lowest BCUT2D eigenvalue weighted by Gasteiger charge is -2.31. The first-order valence-electron chi connectivity index (χ1n) is 14.3. The van der Waals surface area contributed by atoms with E-state index in [0.29, 0.717) is 57.9 Å². The van der Waals surface area contributed by atoms with Crippen LogP contribution in [0.15, 0.2) is 12.2 Å². The number of esters is 3. The van der Waals surface area contributed by atoms with E-state index in [2.05, 4.69) is 17.2 Å². The van der Waals surface area contributed by atoms with Crippen molar-refractivity contribution >= 4 is 23.8 Å². The fourth-order valence-corrected chi connectivity index (χ4v) is 3.36. The van der Waals surface area contributed by atoms with Crippen molar-refractivity contribution in [3.8, 4) is 0 Å². The molecule has 0 saturated carbocycles. The second-order valence-electron chi connectivity index (χ2n) is 12.1. The molecular formula is C29H55N5O7. The number of nitrogens with zero attached hydrogens (tertiary/aromatic N) is 3. The molecule has 0 aromatic carbocycles. The van der Waals surface area contributed by atoms with E-state index in [1.165, 1.54) is 6.92 Å². The molecular weight excluding hydrogens is 530 g/mol. The predicted octanol–water partition coefficient (Wildman–Crippen LogP) is 1.60. The summed E-state index contributed by atoms with van der Waals surface area (Å²) in [6, 6.07) is 0. The van der Waals surface area contributed by atoms with Gasteiger partial charge in [-0.25, -0.2) is 4.79 Å². The lowest BCUT2D eigenvalue weighted by Crippen LogP contribution is -2.47. The lowest BCUT2D eigenvalue weighted by molar-refractivity contribution is -0.158. The minimum Gasteiger partial charge on any atom is -0.459 e. The molecule has 238 valence electrons. The summed E-state index contributed by atoms with van der Waals surface area (Å²) in [6.07, 6.45) is 0. The maximum atomic E-state index is 12.4. The molecule has 0 radical (unpaired) electrons. The van der Waals surface area contributed by atoms with Gasteiger partial charge in [-0.3, -0.25) is 29.1 Å². The van der Waals surface area contributed by atoms with Crippen LogP contribution in [0.3, 0.4) is 0 Å². The van der Waals surface area contributed by atoms with Crippen LogP contribution in [0.1, 0.15) is 62.3 Å². The lowest BCUT2D eigenvalue weighted by atomic mass is 9.98. The summed E-state index contributed by atoms with van der Waals surface area (Å²) < 4.78 is 16.4. The van der Waals surface area contributed by atoms with E-state index in [-0.39, 0.29) is 37.9 Å². The van der Waals surface area contributed by atoms with Crippen molar-refractivity contribution in [3.05, 3.63) is 12.2 Å². The summed E-state index contributed by atoms with van der Waals surface area (Å²) >= 11 is 0. The second-order valence-corrected chi connectivity index (χ2v) is 12.1. The van der Waals surface area contributed by atoms with Gasteiger partial charge in [-0.2, -0.15) is 0 Å². The molecule has 1 amide bonds. The van der Waals surface area contributed by atoms with E-state index in [1.54, 1.807) is 6.92 Å². The van der Waals surface area contributed by atoms with Gasteiger partial charge in [-0.15, -0.1) is 0 Å². The van der Waals surface area contributed by atoms with Crippen molar-refractivity contribution in [2.24, 2.45) is 5.41 Å². The van der Waals surface area contributed by atoms with Crippen LogP contribution >= 0.6 is 0 Å². The van der Waals surface area contributed by atoms with Crippen LogP contribution in [0.4, 0.5) is 0 Å². The van der Waals surface area contributed by atoms with Crippen LogP contribution < -0.4 is 10.6 Å². The van der Waals surface area contributed by atoms with Crippen molar-refractivity contribution in [2.45, 2.75) is 67.9 Å². The van der Waals surface area contributed by atoms with Crippen molar-refractivity contribution in [3.63, 3.8) is 0 Å². The first-order chi connectivity index (χ1) is 18.9. The van der Waals surface area contributed by atoms with E-state index < -0.39 is 17.0 Å². The largest absolute Gasteiger partial charge is 0.459 e. The number of carbonyl (C=O) groups is 4. The van der Waals surface area contributed by atoms with Crippen LogP contribution in [0, 0.1) is 5.41 Å². The monoisotopic (exact) mass is 585 g/mol. The van der Waals surface area contributed by atoms with Crippen LogP contribution in [-0.2, 0) is 33.4 Å². The molecule has 1 fully saturated rings. The molecule has 2 N–H and O–H groups in total. The minimum atomic E-state index is -0.594. The smallest absolute Gasteiger partial charge is 0.334 e. The molecule has 1 saturated heterocycles. The molecule has 0 atom stereocenters. The van der Waals surface area contributed by atoms with Crippen LogP contribution in [0.2, 0.25) is 0 Å². The first-order valence-corrected chi connectivity index (χ1v) is 14.3. The Morgan fingerprint density at radius 2 is 1.29 bits per heavy atom. The third kappa shape index (κ3) is 20.9. The topological polar surface area (TPSA) is 130 Å². The molecule has 1 aliphatic heterocycles. The van der Waals surface area contributed by atoms with Crippen molar-refractivity contribution in [1.82, 2.24) is 25.3 Å². The van der Waals surface area contributed by atoms with E-state index in [1.807, 2.05) is 63.2 Å². The fraction of sp³-hybridized carbons (Fsp3) is 0.793. The maximum absolute atomic E-state index is 12.4. The summed E-state index contributed by atoms with van der Waals surface area (Å²) in [5.74, 6) is -0.915. The highest BCUT2D eigenvalue weighted by Gasteiger charge is 2.25. The molecule has 0 unspecified atom stereocenters. The van der Waals surface area contributed by atoms with Gasteiger partial charge in [-0.1, -0.05) is 6.58 Å². The van der Waals surface area contributed by atoms with Crippen molar-refractivity contribution < 1.29 is 33.4 Å². The average molecular weight is 586 g/mol. The predicted molar refractivity (Wildman–Crippen MR) is 159 cm³/mol. The van der Waals surface area contributed by atoms with Gasteiger partial charge in [0.05, 0.1) is 12.0 Å². The van der Waals surface area contributed by atoms with Crippen molar-refractivity contribution in [1.29, 1.82) is 0 Å². The molecule has 1 aliphatic rings. The molecule has 0 aromatic rings. The Labute approximate surface area is 247 Å². The third-order valence-electron chi connectivity index (χ3n) is 5.59. The summed E-state index contributed by atoms with van der Waals surface area (Å²) in [6.45, 7) is 26.0. The Morgan fingerprint density at radius 1 is 0.805 bits per heavy atom. The van der Waals surface area contributed by atoms with Gasteiger partial charge in [0, 0.05) is 71.4 Å². The normalized spacial score (nSPS) is 16.6. The molecule has 1 rings (SSSR count). The summed E-state index contributed by atoms with van der Waals surface area (Å²) in [7, 11) is 0. The Hall–Kier alpha value is -2.54. The molecule has 12 heteroatoms. The highest BCUT2D eigenvalue weighted by molar-refractivity contribution is 5.86. The van der Waals surface area contributed by atoms with Gasteiger partial charge < -0.3 is 24.8 Å². The van der Waals surface area contributed by atoms with Gasteiger partial charge in [0.25, 0.3) is 0 Å².